The normalized spacial score (nSPS) is 25.6. The lowest BCUT2D eigenvalue weighted by atomic mass is 9.78. The van der Waals surface area contributed by atoms with Gasteiger partial charge in [-0.15, -0.1) is 0 Å². The zero-order chi connectivity index (χ0) is 9.97. The molecule has 1 fully saturated rings. The summed E-state index contributed by atoms with van der Waals surface area (Å²) in [7, 11) is 0. The second-order valence-corrected chi connectivity index (χ2v) is 4.36. The van der Waals surface area contributed by atoms with Gasteiger partial charge in [-0.3, -0.25) is 0 Å². The quantitative estimate of drug-likeness (QED) is 0.766. The van der Waals surface area contributed by atoms with E-state index in [0.29, 0.717) is 0 Å². The molecule has 1 N–H and O–H groups in total. The highest BCUT2D eigenvalue weighted by molar-refractivity contribution is 5.45. The van der Waals surface area contributed by atoms with Crippen LogP contribution in [0.1, 0.15) is 31.7 Å². The van der Waals surface area contributed by atoms with E-state index in [1.807, 2.05) is 0 Å². The number of aryl methyl sites for hydroxylation is 1. The topological polar surface area (TPSA) is 12.0 Å². The van der Waals surface area contributed by atoms with Crippen LogP contribution in [-0.2, 0) is 0 Å². The molecule has 0 spiro atoms. The van der Waals surface area contributed by atoms with Crippen LogP contribution in [0.15, 0.2) is 24.3 Å². The second-order valence-electron chi connectivity index (χ2n) is 4.36. The third kappa shape index (κ3) is 1.92. The van der Waals surface area contributed by atoms with Crippen LogP contribution >= 0.6 is 0 Å². The van der Waals surface area contributed by atoms with Gasteiger partial charge in [0.15, 0.2) is 0 Å². The Morgan fingerprint density at radius 2 is 1.93 bits per heavy atom. The summed E-state index contributed by atoms with van der Waals surface area (Å²) in [5.41, 5.74) is 2.61. The van der Waals surface area contributed by atoms with E-state index in [4.69, 9.17) is 0 Å². The first-order valence-corrected chi connectivity index (χ1v) is 5.63. The largest absolute Gasteiger partial charge is 0.382 e. The third-order valence-electron chi connectivity index (χ3n) is 3.35. The molecule has 0 saturated heterocycles. The number of benzene rings is 1. The Bertz CT molecular complexity index is 287. The van der Waals surface area contributed by atoms with Crippen LogP contribution < -0.4 is 5.32 Å². The van der Waals surface area contributed by atoms with E-state index in [-0.39, 0.29) is 0 Å². The molecule has 1 saturated carbocycles. The van der Waals surface area contributed by atoms with E-state index in [1.165, 1.54) is 30.5 Å². The van der Waals surface area contributed by atoms with Crippen molar-refractivity contribution >= 4 is 5.69 Å². The smallest absolute Gasteiger partial charge is 0.0342 e. The molecule has 1 aromatic carbocycles. The average Bonchev–Trinajstić information content (AvgIpc) is 2.16. The third-order valence-corrected chi connectivity index (χ3v) is 3.35. The van der Waals surface area contributed by atoms with Gasteiger partial charge in [0.25, 0.3) is 0 Å². The van der Waals surface area contributed by atoms with Crippen LogP contribution in [0.5, 0.6) is 0 Å². The number of hydrogen-bond donors (Lipinski definition) is 1. The Morgan fingerprint density at radius 3 is 2.43 bits per heavy atom. The van der Waals surface area contributed by atoms with E-state index in [0.717, 1.165) is 12.0 Å². The molecule has 0 aliphatic heterocycles. The van der Waals surface area contributed by atoms with Crippen molar-refractivity contribution in [1.82, 2.24) is 0 Å². The summed E-state index contributed by atoms with van der Waals surface area (Å²) in [4.78, 5) is 0. The fraction of sp³-hybridized carbons (Fsp3) is 0.538. The summed E-state index contributed by atoms with van der Waals surface area (Å²) < 4.78 is 0. The molecule has 14 heavy (non-hydrogen) atoms. The highest BCUT2D eigenvalue weighted by Crippen LogP contribution is 2.32. The molecule has 2 atom stereocenters. The maximum Gasteiger partial charge on any atom is 0.0342 e. The van der Waals surface area contributed by atoms with E-state index < -0.39 is 0 Å². The van der Waals surface area contributed by atoms with Gasteiger partial charge >= 0.3 is 0 Å². The monoisotopic (exact) mass is 189 g/mol. The second kappa shape index (κ2) is 4.04. The van der Waals surface area contributed by atoms with Gasteiger partial charge in [0.2, 0.25) is 0 Å². The highest BCUT2D eigenvalue weighted by Gasteiger charge is 2.28. The molecule has 1 aromatic rings. The molecule has 0 bridgehead atoms. The van der Waals surface area contributed by atoms with Gasteiger partial charge in [-0.2, -0.15) is 0 Å². The Balaban J connectivity index is 1.94. The number of hydrogen-bond acceptors (Lipinski definition) is 1. The molecular formula is C13H19N. The van der Waals surface area contributed by atoms with Crippen LogP contribution in [0.3, 0.4) is 0 Å². The van der Waals surface area contributed by atoms with Gasteiger partial charge in [0.1, 0.15) is 0 Å². The maximum absolute atomic E-state index is 3.61. The molecule has 1 aliphatic rings. The van der Waals surface area contributed by atoms with Crippen molar-refractivity contribution in [3.63, 3.8) is 0 Å². The predicted molar refractivity (Wildman–Crippen MR) is 61.6 cm³/mol. The molecule has 0 amide bonds. The molecule has 0 heterocycles. The summed E-state index contributed by atoms with van der Waals surface area (Å²) in [6.45, 7) is 4.41. The summed E-state index contributed by atoms with van der Waals surface area (Å²) in [5, 5.41) is 3.61. The summed E-state index contributed by atoms with van der Waals surface area (Å²) in [5.74, 6) is 0.899. The molecule has 76 valence electrons. The van der Waals surface area contributed by atoms with Crippen LogP contribution in [0, 0.1) is 12.8 Å². The predicted octanol–water partition coefficient (Wildman–Crippen LogP) is 3.60. The lowest BCUT2D eigenvalue weighted by Gasteiger charge is -2.37. The molecule has 0 radical (unpaired) electrons. The van der Waals surface area contributed by atoms with Crippen molar-refractivity contribution < 1.29 is 0 Å². The first kappa shape index (κ1) is 9.57. The minimum absolute atomic E-state index is 0.725. The van der Waals surface area contributed by atoms with Crippen LogP contribution in [-0.4, -0.2) is 6.04 Å². The van der Waals surface area contributed by atoms with Crippen molar-refractivity contribution in [1.29, 1.82) is 0 Å². The minimum Gasteiger partial charge on any atom is -0.382 e. The summed E-state index contributed by atoms with van der Waals surface area (Å²) in [6.07, 6.45) is 4.05. The standard InChI is InChI=1S/C13H19N/c1-3-11-6-9-13(11)14-12-7-4-10(2)5-8-12/h4-5,7-8,11,13-14H,3,6,9H2,1-2H3. The summed E-state index contributed by atoms with van der Waals surface area (Å²) in [6, 6.07) is 9.42. The molecule has 1 nitrogen and oxygen atoms in total. The van der Waals surface area contributed by atoms with Crippen molar-refractivity contribution in [2.24, 2.45) is 5.92 Å². The van der Waals surface area contributed by atoms with Crippen LogP contribution in [0.25, 0.3) is 0 Å². The summed E-state index contributed by atoms with van der Waals surface area (Å²) >= 11 is 0. The molecular weight excluding hydrogens is 170 g/mol. The van der Waals surface area contributed by atoms with Crippen molar-refractivity contribution in [2.75, 3.05) is 5.32 Å². The van der Waals surface area contributed by atoms with E-state index in [1.54, 1.807) is 0 Å². The number of rotatable bonds is 3. The van der Waals surface area contributed by atoms with E-state index in [9.17, 15) is 0 Å². The maximum atomic E-state index is 3.61. The lowest BCUT2D eigenvalue weighted by molar-refractivity contribution is 0.269. The SMILES string of the molecule is CCC1CCC1Nc1ccc(C)cc1. The van der Waals surface area contributed by atoms with Crippen molar-refractivity contribution in [2.45, 2.75) is 39.2 Å². The fourth-order valence-electron chi connectivity index (χ4n) is 2.11. The Labute approximate surface area is 86.5 Å². The average molecular weight is 189 g/mol. The molecule has 0 aromatic heterocycles. The highest BCUT2D eigenvalue weighted by atomic mass is 14.9. The zero-order valence-corrected chi connectivity index (χ0v) is 9.09. The van der Waals surface area contributed by atoms with Crippen molar-refractivity contribution in [3.05, 3.63) is 29.8 Å². The van der Waals surface area contributed by atoms with Gasteiger partial charge in [0.05, 0.1) is 0 Å². The Hall–Kier alpha value is -0.980. The van der Waals surface area contributed by atoms with E-state index in [2.05, 4.69) is 43.4 Å². The molecule has 2 unspecified atom stereocenters. The molecule has 2 rings (SSSR count). The zero-order valence-electron chi connectivity index (χ0n) is 9.09. The van der Waals surface area contributed by atoms with Gasteiger partial charge < -0.3 is 5.32 Å². The van der Waals surface area contributed by atoms with E-state index >= 15 is 0 Å². The molecule has 1 aliphatic carbocycles. The number of nitrogens with one attached hydrogen (secondary N) is 1. The Kier molecular flexibility index (Phi) is 2.76. The van der Waals surface area contributed by atoms with Crippen molar-refractivity contribution in [3.8, 4) is 0 Å². The first-order chi connectivity index (χ1) is 6.79. The van der Waals surface area contributed by atoms with Gasteiger partial charge in [0, 0.05) is 11.7 Å². The van der Waals surface area contributed by atoms with Crippen LogP contribution in [0.4, 0.5) is 5.69 Å². The fourth-order valence-corrected chi connectivity index (χ4v) is 2.11. The Morgan fingerprint density at radius 1 is 1.21 bits per heavy atom. The van der Waals surface area contributed by atoms with Gasteiger partial charge in [-0.1, -0.05) is 31.0 Å². The first-order valence-electron chi connectivity index (χ1n) is 5.63. The number of anilines is 1. The van der Waals surface area contributed by atoms with Gasteiger partial charge in [-0.25, -0.2) is 0 Å². The molecule has 1 heteroatoms. The van der Waals surface area contributed by atoms with Gasteiger partial charge in [-0.05, 0) is 37.8 Å². The lowest BCUT2D eigenvalue weighted by Crippen LogP contribution is -2.37. The van der Waals surface area contributed by atoms with Crippen LogP contribution in [0.2, 0.25) is 0 Å². The minimum atomic E-state index is 0.725.